The van der Waals surface area contributed by atoms with E-state index in [2.05, 4.69) is 27.8 Å². The van der Waals surface area contributed by atoms with Crippen molar-refractivity contribution in [3.8, 4) is 0 Å². The Bertz CT molecular complexity index is 639. The van der Waals surface area contributed by atoms with E-state index >= 15 is 0 Å². The molecule has 0 aliphatic carbocycles. The predicted molar refractivity (Wildman–Crippen MR) is 80.8 cm³/mol. The van der Waals surface area contributed by atoms with Crippen molar-refractivity contribution in [1.82, 2.24) is 10.3 Å². The summed E-state index contributed by atoms with van der Waals surface area (Å²) in [5, 5.41) is 7.57. The van der Waals surface area contributed by atoms with Crippen molar-refractivity contribution < 1.29 is 4.79 Å². The third-order valence-electron chi connectivity index (χ3n) is 3.69. The molecule has 0 spiro atoms. The molecule has 1 amide bonds. The summed E-state index contributed by atoms with van der Waals surface area (Å²) in [6.07, 6.45) is 2.57. The lowest BCUT2D eigenvalue weighted by Crippen LogP contribution is -2.26. The molecule has 4 nitrogen and oxygen atoms in total. The van der Waals surface area contributed by atoms with Crippen LogP contribution in [0.2, 0.25) is 0 Å². The number of pyridine rings is 1. The summed E-state index contributed by atoms with van der Waals surface area (Å²) < 4.78 is 0. The number of aryl methyl sites for hydroxylation is 1. The molecule has 2 heterocycles. The van der Waals surface area contributed by atoms with Crippen molar-refractivity contribution >= 4 is 22.5 Å². The third kappa shape index (κ3) is 2.74. The van der Waals surface area contributed by atoms with Crippen molar-refractivity contribution in [1.29, 1.82) is 0 Å². The van der Waals surface area contributed by atoms with Gasteiger partial charge in [-0.3, -0.25) is 9.78 Å². The van der Waals surface area contributed by atoms with Gasteiger partial charge in [-0.05, 0) is 31.9 Å². The number of amides is 1. The Balaban J connectivity index is 1.91. The molecular weight excluding hydrogens is 250 g/mol. The van der Waals surface area contributed by atoms with Crippen LogP contribution in [-0.4, -0.2) is 23.5 Å². The monoisotopic (exact) mass is 269 g/mol. The first-order chi connectivity index (χ1) is 9.72. The molecule has 1 aromatic carbocycles. The molecular formula is C16H19N3O. The van der Waals surface area contributed by atoms with Crippen LogP contribution in [-0.2, 0) is 4.79 Å². The second-order valence-corrected chi connectivity index (χ2v) is 5.37. The lowest BCUT2D eigenvalue weighted by atomic mass is 10.1. The molecule has 1 fully saturated rings. The number of fused-ring (bicyclic) bond motifs is 1. The highest BCUT2D eigenvalue weighted by Crippen LogP contribution is 2.25. The van der Waals surface area contributed by atoms with Crippen LogP contribution >= 0.6 is 0 Å². The summed E-state index contributed by atoms with van der Waals surface area (Å²) in [5.74, 6) is 0.134. The van der Waals surface area contributed by atoms with E-state index in [9.17, 15) is 4.79 Å². The average molecular weight is 269 g/mol. The molecule has 104 valence electrons. The Morgan fingerprint density at radius 1 is 1.35 bits per heavy atom. The molecule has 2 aromatic rings. The molecule has 1 aromatic heterocycles. The molecule has 1 aliphatic rings. The van der Waals surface area contributed by atoms with Crippen LogP contribution in [0.5, 0.6) is 0 Å². The Hall–Kier alpha value is -2.10. The number of aromatic nitrogens is 1. The molecule has 3 rings (SSSR count). The molecule has 1 aliphatic heterocycles. The van der Waals surface area contributed by atoms with Crippen LogP contribution in [0.15, 0.2) is 30.3 Å². The van der Waals surface area contributed by atoms with E-state index in [0.29, 0.717) is 6.42 Å². The number of nitrogens with one attached hydrogen (secondary N) is 2. The molecule has 1 saturated heterocycles. The van der Waals surface area contributed by atoms with Crippen LogP contribution in [0.25, 0.3) is 10.9 Å². The van der Waals surface area contributed by atoms with Gasteiger partial charge in [-0.2, -0.15) is 0 Å². The first-order valence-electron chi connectivity index (χ1n) is 7.12. The molecule has 20 heavy (non-hydrogen) atoms. The van der Waals surface area contributed by atoms with Gasteiger partial charge < -0.3 is 10.6 Å². The van der Waals surface area contributed by atoms with Gasteiger partial charge in [0.2, 0.25) is 5.91 Å². The summed E-state index contributed by atoms with van der Waals surface area (Å²) in [6.45, 7) is 2.78. The van der Waals surface area contributed by atoms with Gasteiger partial charge in [0, 0.05) is 35.8 Å². The van der Waals surface area contributed by atoms with Gasteiger partial charge >= 0.3 is 0 Å². The number of para-hydroxylation sites is 1. The SMILES string of the molecule is Cc1cc(NC2CCCNC(=O)C2)c2ccccc2n1. The second-order valence-electron chi connectivity index (χ2n) is 5.37. The number of anilines is 1. The quantitative estimate of drug-likeness (QED) is 0.881. The van der Waals surface area contributed by atoms with Crippen LogP contribution in [0, 0.1) is 6.92 Å². The maximum atomic E-state index is 11.7. The molecule has 0 bridgehead atoms. The highest BCUT2D eigenvalue weighted by Gasteiger charge is 2.18. The zero-order chi connectivity index (χ0) is 13.9. The Kier molecular flexibility index (Phi) is 3.54. The van der Waals surface area contributed by atoms with E-state index in [4.69, 9.17) is 0 Å². The van der Waals surface area contributed by atoms with Crippen molar-refractivity contribution in [2.75, 3.05) is 11.9 Å². The van der Waals surface area contributed by atoms with E-state index in [1.165, 1.54) is 0 Å². The molecule has 0 saturated carbocycles. The number of carbonyl (C=O) groups is 1. The Morgan fingerprint density at radius 3 is 3.10 bits per heavy atom. The lowest BCUT2D eigenvalue weighted by Gasteiger charge is -2.18. The number of nitrogens with zero attached hydrogens (tertiary/aromatic N) is 1. The van der Waals surface area contributed by atoms with E-state index in [1.807, 2.05) is 25.1 Å². The smallest absolute Gasteiger partial charge is 0.222 e. The number of carbonyl (C=O) groups excluding carboxylic acids is 1. The summed E-state index contributed by atoms with van der Waals surface area (Å²) in [7, 11) is 0. The molecule has 1 unspecified atom stereocenters. The molecule has 0 radical (unpaired) electrons. The number of hydrogen-bond acceptors (Lipinski definition) is 3. The summed E-state index contributed by atoms with van der Waals surface area (Å²) in [5.41, 5.74) is 3.06. The van der Waals surface area contributed by atoms with Gasteiger partial charge in [0.1, 0.15) is 0 Å². The van der Waals surface area contributed by atoms with E-state index < -0.39 is 0 Å². The lowest BCUT2D eigenvalue weighted by molar-refractivity contribution is -0.120. The Morgan fingerprint density at radius 2 is 2.20 bits per heavy atom. The van der Waals surface area contributed by atoms with Crippen LogP contribution in [0.1, 0.15) is 25.0 Å². The number of hydrogen-bond donors (Lipinski definition) is 2. The standard InChI is InChI=1S/C16H19N3O/c1-11-9-15(13-6-2-3-7-14(13)18-11)19-12-5-4-8-17-16(20)10-12/h2-3,6-7,9,12H,4-5,8,10H2,1H3,(H,17,20)(H,18,19). The molecule has 1 atom stereocenters. The van der Waals surface area contributed by atoms with Gasteiger partial charge in [0.25, 0.3) is 0 Å². The predicted octanol–water partition coefficient (Wildman–Crippen LogP) is 2.62. The zero-order valence-corrected chi connectivity index (χ0v) is 11.6. The minimum absolute atomic E-state index is 0.134. The normalized spacial score (nSPS) is 19.4. The highest BCUT2D eigenvalue weighted by atomic mass is 16.1. The van der Waals surface area contributed by atoms with Gasteiger partial charge in [-0.1, -0.05) is 18.2 Å². The van der Waals surface area contributed by atoms with Crippen molar-refractivity contribution in [2.45, 2.75) is 32.2 Å². The number of benzene rings is 1. The van der Waals surface area contributed by atoms with Gasteiger partial charge in [0.15, 0.2) is 0 Å². The fourth-order valence-electron chi connectivity index (χ4n) is 2.74. The molecule has 4 heteroatoms. The minimum atomic E-state index is 0.134. The van der Waals surface area contributed by atoms with E-state index in [1.54, 1.807) is 0 Å². The molecule has 2 N–H and O–H groups in total. The van der Waals surface area contributed by atoms with Gasteiger partial charge in [-0.25, -0.2) is 0 Å². The summed E-state index contributed by atoms with van der Waals surface area (Å²) in [6, 6.07) is 10.4. The first kappa shape index (κ1) is 12.9. The maximum absolute atomic E-state index is 11.7. The second kappa shape index (κ2) is 5.49. The topological polar surface area (TPSA) is 54.0 Å². The highest BCUT2D eigenvalue weighted by molar-refractivity contribution is 5.91. The number of rotatable bonds is 2. The van der Waals surface area contributed by atoms with Crippen LogP contribution in [0.3, 0.4) is 0 Å². The third-order valence-corrected chi connectivity index (χ3v) is 3.69. The van der Waals surface area contributed by atoms with Crippen molar-refractivity contribution in [3.05, 3.63) is 36.0 Å². The fraction of sp³-hybridized carbons (Fsp3) is 0.375. The van der Waals surface area contributed by atoms with Crippen LogP contribution in [0.4, 0.5) is 5.69 Å². The van der Waals surface area contributed by atoms with E-state index in [0.717, 1.165) is 41.7 Å². The first-order valence-corrected chi connectivity index (χ1v) is 7.12. The fourth-order valence-corrected chi connectivity index (χ4v) is 2.74. The van der Waals surface area contributed by atoms with Crippen LogP contribution < -0.4 is 10.6 Å². The maximum Gasteiger partial charge on any atom is 0.222 e. The van der Waals surface area contributed by atoms with Gasteiger partial charge in [-0.15, -0.1) is 0 Å². The van der Waals surface area contributed by atoms with Crippen molar-refractivity contribution in [3.63, 3.8) is 0 Å². The summed E-state index contributed by atoms with van der Waals surface area (Å²) >= 11 is 0. The Labute approximate surface area is 118 Å². The average Bonchev–Trinajstić information content (AvgIpc) is 2.63. The van der Waals surface area contributed by atoms with Gasteiger partial charge in [0.05, 0.1) is 5.52 Å². The largest absolute Gasteiger partial charge is 0.381 e. The van der Waals surface area contributed by atoms with Crippen molar-refractivity contribution in [2.24, 2.45) is 0 Å². The minimum Gasteiger partial charge on any atom is -0.381 e. The summed E-state index contributed by atoms with van der Waals surface area (Å²) in [4.78, 5) is 16.2. The van der Waals surface area contributed by atoms with E-state index in [-0.39, 0.29) is 11.9 Å². The zero-order valence-electron chi connectivity index (χ0n) is 11.6.